The number of ether oxygens (including phenoxy) is 2. The van der Waals surface area contributed by atoms with Crippen LogP contribution in [0.15, 0.2) is 107 Å². The van der Waals surface area contributed by atoms with E-state index in [-0.39, 0.29) is 26.1 Å². The fourth-order valence-electron chi connectivity index (χ4n) is 4.95. The molecule has 9 heteroatoms. The summed E-state index contributed by atoms with van der Waals surface area (Å²) in [5.74, 6) is -1.05. The standard InChI is InChI=1S/C33H31N3O6/c1-34-27-20-36(30(25-16-10-5-11-17-25)29(27)31(38)35(2)33(34)40)26(32(39)42-22-24-14-8-4-9-15-24)18-19-28(37)41-21-23-12-6-3-7-13-23/h3-17,20,26H,18-19,21-22H2,1-2H3/t26-/m0/s1. The number of aromatic nitrogens is 3. The Morgan fingerprint density at radius 1 is 0.738 bits per heavy atom. The summed E-state index contributed by atoms with van der Waals surface area (Å²) in [5, 5.41) is 0.290. The molecular weight excluding hydrogens is 534 g/mol. The van der Waals surface area contributed by atoms with Crippen molar-refractivity contribution in [1.29, 1.82) is 0 Å². The largest absolute Gasteiger partial charge is 0.461 e. The highest BCUT2D eigenvalue weighted by atomic mass is 16.5. The second-order valence-electron chi connectivity index (χ2n) is 10.0. The zero-order valence-electron chi connectivity index (χ0n) is 23.4. The van der Waals surface area contributed by atoms with Gasteiger partial charge >= 0.3 is 17.6 Å². The number of esters is 2. The molecule has 9 nitrogen and oxygen atoms in total. The number of rotatable bonds is 10. The summed E-state index contributed by atoms with van der Waals surface area (Å²) in [5.41, 5.74) is 2.20. The van der Waals surface area contributed by atoms with Crippen molar-refractivity contribution in [3.63, 3.8) is 0 Å². The predicted molar refractivity (Wildman–Crippen MR) is 159 cm³/mol. The maximum atomic E-state index is 13.7. The van der Waals surface area contributed by atoms with Gasteiger partial charge in [0.25, 0.3) is 5.56 Å². The molecule has 0 unspecified atom stereocenters. The Hall–Kier alpha value is -5.18. The summed E-state index contributed by atoms with van der Waals surface area (Å²) in [6, 6.07) is 26.8. The van der Waals surface area contributed by atoms with Crippen LogP contribution in [0.4, 0.5) is 0 Å². The number of benzene rings is 3. The Balaban J connectivity index is 1.54. The van der Waals surface area contributed by atoms with Gasteiger partial charge in [-0.05, 0) is 23.1 Å². The molecule has 0 amide bonds. The molecule has 0 N–H and O–H groups in total. The monoisotopic (exact) mass is 565 g/mol. The van der Waals surface area contributed by atoms with Crippen molar-refractivity contribution < 1.29 is 19.1 Å². The van der Waals surface area contributed by atoms with Crippen LogP contribution in [0.5, 0.6) is 0 Å². The first-order valence-corrected chi connectivity index (χ1v) is 13.6. The summed E-state index contributed by atoms with van der Waals surface area (Å²) < 4.78 is 15.3. The molecule has 0 aliphatic rings. The van der Waals surface area contributed by atoms with Crippen molar-refractivity contribution in [1.82, 2.24) is 13.7 Å². The van der Waals surface area contributed by atoms with Gasteiger partial charge in [-0.2, -0.15) is 0 Å². The van der Waals surface area contributed by atoms with Gasteiger partial charge in [0.05, 0.1) is 16.6 Å². The SMILES string of the molecule is Cn1c(=O)c2c(-c3ccccc3)n([C@@H](CCC(=O)OCc3ccccc3)C(=O)OCc3ccccc3)cc2n(C)c1=O. The zero-order chi connectivity index (χ0) is 29.6. The highest BCUT2D eigenvalue weighted by Crippen LogP contribution is 2.33. The number of hydrogen-bond donors (Lipinski definition) is 0. The smallest absolute Gasteiger partial charge is 0.330 e. The average molecular weight is 566 g/mol. The zero-order valence-corrected chi connectivity index (χ0v) is 23.4. The van der Waals surface area contributed by atoms with E-state index in [1.807, 2.05) is 91.0 Å². The molecule has 1 atom stereocenters. The minimum Gasteiger partial charge on any atom is -0.461 e. The summed E-state index contributed by atoms with van der Waals surface area (Å²) in [6.07, 6.45) is 1.60. The van der Waals surface area contributed by atoms with Crippen LogP contribution in [0.3, 0.4) is 0 Å². The third kappa shape index (κ3) is 5.95. The second kappa shape index (κ2) is 12.6. The molecule has 2 heterocycles. The molecule has 2 aromatic heterocycles. The number of carbonyl (C=O) groups excluding carboxylic acids is 2. The third-order valence-corrected chi connectivity index (χ3v) is 7.21. The van der Waals surface area contributed by atoms with E-state index in [4.69, 9.17) is 9.47 Å². The van der Waals surface area contributed by atoms with Crippen LogP contribution < -0.4 is 11.2 Å². The van der Waals surface area contributed by atoms with Gasteiger partial charge in [-0.15, -0.1) is 0 Å². The Labute approximate surface area is 242 Å². The summed E-state index contributed by atoms with van der Waals surface area (Å²) in [7, 11) is 3.00. The van der Waals surface area contributed by atoms with Crippen LogP contribution in [-0.4, -0.2) is 25.6 Å². The Morgan fingerprint density at radius 2 is 1.29 bits per heavy atom. The number of fused-ring (bicyclic) bond motifs is 1. The van der Waals surface area contributed by atoms with Gasteiger partial charge in [-0.25, -0.2) is 9.59 Å². The summed E-state index contributed by atoms with van der Waals surface area (Å²) in [4.78, 5) is 52.8. The van der Waals surface area contributed by atoms with Gasteiger partial charge in [0.1, 0.15) is 19.3 Å². The highest BCUT2D eigenvalue weighted by molar-refractivity contribution is 5.95. The molecule has 0 saturated heterocycles. The molecule has 5 rings (SSSR count). The molecule has 214 valence electrons. The highest BCUT2D eigenvalue weighted by Gasteiger charge is 2.29. The van der Waals surface area contributed by atoms with Crippen LogP contribution in [-0.2, 0) is 46.4 Å². The van der Waals surface area contributed by atoms with Crippen LogP contribution in [0.1, 0.15) is 30.0 Å². The van der Waals surface area contributed by atoms with Crippen LogP contribution in [0.2, 0.25) is 0 Å². The summed E-state index contributed by atoms with van der Waals surface area (Å²) in [6.45, 7) is 0.153. The van der Waals surface area contributed by atoms with E-state index in [9.17, 15) is 19.2 Å². The molecule has 0 aliphatic heterocycles. The molecule has 3 aromatic carbocycles. The van der Waals surface area contributed by atoms with Gasteiger partial charge in [-0.1, -0.05) is 91.0 Å². The first kappa shape index (κ1) is 28.4. The van der Waals surface area contributed by atoms with Crippen molar-refractivity contribution in [2.24, 2.45) is 14.1 Å². The van der Waals surface area contributed by atoms with Crippen molar-refractivity contribution in [2.45, 2.75) is 32.1 Å². The fraction of sp³-hybridized carbons (Fsp3) is 0.212. The van der Waals surface area contributed by atoms with Gasteiger partial charge in [0, 0.05) is 26.7 Å². The number of aryl methyl sites for hydroxylation is 1. The molecule has 0 aliphatic carbocycles. The van der Waals surface area contributed by atoms with Crippen molar-refractivity contribution in [3.05, 3.63) is 129 Å². The van der Waals surface area contributed by atoms with Gasteiger partial charge in [-0.3, -0.25) is 18.7 Å². The van der Waals surface area contributed by atoms with Crippen molar-refractivity contribution in [2.75, 3.05) is 0 Å². The second-order valence-corrected chi connectivity index (χ2v) is 10.0. The van der Waals surface area contributed by atoms with Crippen molar-refractivity contribution in [3.8, 4) is 11.3 Å². The fourth-order valence-corrected chi connectivity index (χ4v) is 4.95. The van der Waals surface area contributed by atoms with E-state index in [1.165, 1.54) is 11.6 Å². The van der Waals surface area contributed by atoms with E-state index < -0.39 is 29.2 Å². The third-order valence-electron chi connectivity index (χ3n) is 7.21. The molecular formula is C33H31N3O6. The number of carbonyl (C=O) groups is 2. The topological polar surface area (TPSA) is 102 Å². The Morgan fingerprint density at radius 3 is 1.88 bits per heavy atom. The average Bonchev–Trinajstić information content (AvgIpc) is 3.43. The normalized spacial score (nSPS) is 11.8. The van der Waals surface area contributed by atoms with Crippen LogP contribution >= 0.6 is 0 Å². The quantitative estimate of drug-likeness (QED) is 0.231. The van der Waals surface area contributed by atoms with Gasteiger partial charge < -0.3 is 14.0 Å². The molecule has 0 spiro atoms. The van der Waals surface area contributed by atoms with E-state index >= 15 is 0 Å². The molecule has 0 fully saturated rings. The molecule has 0 bridgehead atoms. The molecule has 0 saturated carbocycles. The van der Waals surface area contributed by atoms with Crippen LogP contribution in [0, 0.1) is 0 Å². The number of hydrogen-bond acceptors (Lipinski definition) is 6. The Kier molecular flexibility index (Phi) is 8.47. The lowest BCUT2D eigenvalue weighted by Crippen LogP contribution is -2.36. The first-order valence-electron chi connectivity index (χ1n) is 13.6. The summed E-state index contributed by atoms with van der Waals surface area (Å²) >= 11 is 0. The lowest BCUT2D eigenvalue weighted by molar-refractivity contribution is -0.150. The minimum absolute atomic E-state index is 0.0380. The van der Waals surface area contributed by atoms with Gasteiger partial charge in [0.2, 0.25) is 0 Å². The van der Waals surface area contributed by atoms with E-state index in [1.54, 1.807) is 17.8 Å². The molecule has 5 aromatic rings. The van der Waals surface area contributed by atoms with Crippen LogP contribution in [0.25, 0.3) is 22.2 Å². The van der Waals surface area contributed by atoms with Gasteiger partial charge in [0.15, 0.2) is 0 Å². The maximum absolute atomic E-state index is 13.7. The first-order chi connectivity index (χ1) is 20.3. The maximum Gasteiger partial charge on any atom is 0.330 e. The minimum atomic E-state index is -0.986. The molecule has 0 radical (unpaired) electrons. The predicted octanol–water partition coefficient (Wildman–Crippen LogP) is 4.51. The van der Waals surface area contributed by atoms with E-state index in [0.717, 1.165) is 15.7 Å². The Bertz CT molecular complexity index is 1820. The van der Waals surface area contributed by atoms with Crippen molar-refractivity contribution >= 4 is 22.8 Å². The molecule has 42 heavy (non-hydrogen) atoms. The lowest BCUT2D eigenvalue weighted by atomic mass is 10.1. The lowest BCUT2D eigenvalue weighted by Gasteiger charge is -2.21. The van der Waals surface area contributed by atoms with E-state index in [2.05, 4.69) is 0 Å². The van der Waals surface area contributed by atoms with E-state index in [0.29, 0.717) is 22.2 Å². The number of nitrogens with zero attached hydrogens (tertiary/aromatic N) is 3.